The van der Waals surface area contributed by atoms with Gasteiger partial charge in [-0.2, -0.15) is 11.8 Å². The van der Waals surface area contributed by atoms with Crippen molar-refractivity contribution in [3.63, 3.8) is 0 Å². The summed E-state index contributed by atoms with van der Waals surface area (Å²) in [5.41, 5.74) is 0. The first kappa shape index (κ1) is 26.5. The monoisotopic (exact) mass is 374 g/mol. The van der Waals surface area contributed by atoms with Crippen LogP contribution in [0.1, 0.15) is 90.9 Å². The van der Waals surface area contributed by atoms with Crippen molar-refractivity contribution in [1.82, 2.24) is 0 Å². The molecule has 23 heavy (non-hydrogen) atoms. The van der Waals surface area contributed by atoms with Crippen molar-refractivity contribution in [2.45, 2.75) is 96.1 Å². The summed E-state index contributed by atoms with van der Waals surface area (Å²) in [4.78, 5) is 0. The van der Waals surface area contributed by atoms with E-state index in [2.05, 4.69) is 13.8 Å². The van der Waals surface area contributed by atoms with Gasteiger partial charge in [0.1, 0.15) is 0 Å². The van der Waals surface area contributed by atoms with Crippen LogP contribution in [0.3, 0.4) is 0 Å². The number of thioether (sulfide) groups is 1. The van der Waals surface area contributed by atoms with Crippen molar-refractivity contribution in [3.8, 4) is 0 Å². The summed E-state index contributed by atoms with van der Waals surface area (Å²) in [6, 6.07) is 0. The van der Waals surface area contributed by atoms with Crippen molar-refractivity contribution < 1.29 is 42.5 Å². The summed E-state index contributed by atoms with van der Waals surface area (Å²) >= 11 is 1.79. The summed E-state index contributed by atoms with van der Waals surface area (Å²) in [7, 11) is -4.02. The van der Waals surface area contributed by atoms with E-state index in [-0.39, 0.29) is 35.3 Å². The molecule has 1 unspecified atom stereocenters. The van der Waals surface area contributed by atoms with Gasteiger partial charge in [-0.15, -0.1) is 0 Å². The molecule has 0 fully saturated rings. The summed E-state index contributed by atoms with van der Waals surface area (Å²) in [5.74, 6) is 0.561. The van der Waals surface area contributed by atoms with Gasteiger partial charge in [0.05, 0.1) is 10.1 Å². The van der Waals surface area contributed by atoms with Crippen LogP contribution in [0.4, 0.5) is 0 Å². The van der Waals surface area contributed by atoms with E-state index < -0.39 is 10.1 Å². The molecule has 6 heteroatoms. The van der Waals surface area contributed by atoms with E-state index in [1.165, 1.54) is 70.6 Å². The quantitative estimate of drug-likeness (QED) is 0.236. The Labute approximate surface area is 171 Å². The predicted molar refractivity (Wildman–Crippen MR) is 97.6 cm³/mol. The van der Waals surface area contributed by atoms with Gasteiger partial charge >= 0.3 is 29.6 Å². The van der Waals surface area contributed by atoms with E-state index in [1.807, 2.05) is 0 Å². The molecule has 0 saturated heterocycles. The van der Waals surface area contributed by atoms with Crippen LogP contribution < -0.4 is 29.6 Å². The largest absolute Gasteiger partial charge is 1.00 e. The molecule has 0 aliphatic rings. The van der Waals surface area contributed by atoms with E-state index in [0.29, 0.717) is 11.7 Å². The molecule has 0 amide bonds. The Morgan fingerprint density at radius 3 is 1.83 bits per heavy atom. The standard InChI is InChI=1S/C17H36O3S2.Na/c1-3-4-5-6-7-8-9-10-11-12-14-17(2)21-15-13-16-22(18,19)20;/h17H,3-16H2,1-2H3,(H,18,19,20);/q;+1/p-1. The van der Waals surface area contributed by atoms with E-state index in [9.17, 15) is 13.0 Å². The summed E-state index contributed by atoms with van der Waals surface area (Å²) in [6.45, 7) is 4.45. The van der Waals surface area contributed by atoms with Crippen LogP contribution in [0.15, 0.2) is 0 Å². The third-order valence-corrected chi connectivity index (χ3v) is 6.02. The Hall–Kier alpha value is 1.26. The van der Waals surface area contributed by atoms with Crippen LogP contribution in [0.25, 0.3) is 0 Å². The molecule has 0 saturated carbocycles. The van der Waals surface area contributed by atoms with E-state index in [4.69, 9.17) is 0 Å². The maximum absolute atomic E-state index is 10.5. The average Bonchev–Trinajstić information content (AvgIpc) is 2.44. The first-order chi connectivity index (χ1) is 10.5. The zero-order chi connectivity index (χ0) is 16.7. The summed E-state index contributed by atoms with van der Waals surface area (Å²) in [5, 5.41) is 0.573. The van der Waals surface area contributed by atoms with Crippen molar-refractivity contribution in [3.05, 3.63) is 0 Å². The van der Waals surface area contributed by atoms with Gasteiger partial charge in [-0.25, -0.2) is 8.42 Å². The van der Waals surface area contributed by atoms with Gasteiger partial charge in [0, 0.05) is 11.0 Å². The van der Waals surface area contributed by atoms with E-state index in [0.717, 1.165) is 5.75 Å². The van der Waals surface area contributed by atoms with E-state index in [1.54, 1.807) is 11.8 Å². The SMILES string of the molecule is CCCCCCCCCCCCC(C)SCCCS(=O)(=O)[O-].[Na+]. The average molecular weight is 375 g/mol. The summed E-state index contributed by atoms with van der Waals surface area (Å²) in [6.07, 6.45) is 15.3. The minimum Gasteiger partial charge on any atom is -0.748 e. The van der Waals surface area contributed by atoms with E-state index >= 15 is 0 Å². The van der Waals surface area contributed by atoms with Crippen LogP contribution in [0.2, 0.25) is 0 Å². The second kappa shape index (κ2) is 18.1. The molecule has 1 atom stereocenters. The van der Waals surface area contributed by atoms with Gasteiger partial charge in [-0.05, 0) is 18.6 Å². The van der Waals surface area contributed by atoms with Crippen LogP contribution in [-0.2, 0) is 10.1 Å². The Kier molecular flexibility index (Phi) is 20.8. The zero-order valence-electron chi connectivity index (χ0n) is 15.5. The van der Waals surface area contributed by atoms with Gasteiger partial charge in [0.2, 0.25) is 0 Å². The minimum atomic E-state index is -4.02. The third-order valence-electron chi connectivity index (χ3n) is 3.91. The molecule has 0 spiro atoms. The molecular formula is C17H35NaO3S2. The second-order valence-corrected chi connectivity index (χ2v) is 9.34. The fourth-order valence-electron chi connectivity index (χ4n) is 2.52. The van der Waals surface area contributed by atoms with Crippen molar-refractivity contribution >= 4 is 21.9 Å². The smallest absolute Gasteiger partial charge is 0.748 e. The Morgan fingerprint density at radius 2 is 1.35 bits per heavy atom. The second-order valence-electron chi connectivity index (χ2n) is 6.27. The van der Waals surface area contributed by atoms with Gasteiger partial charge in [-0.1, -0.05) is 78.1 Å². The molecule has 0 aromatic carbocycles. The van der Waals surface area contributed by atoms with Gasteiger partial charge in [-0.3, -0.25) is 0 Å². The number of hydrogen-bond acceptors (Lipinski definition) is 4. The predicted octanol–water partition coefficient (Wildman–Crippen LogP) is 2.36. The Bertz CT molecular complexity index is 335. The molecular weight excluding hydrogens is 339 g/mol. The Balaban J connectivity index is 0. The molecule has 0 aliphatic heterocycles. The molecule has 0 aliphatic carbocycles. The van der Waals surface area contributed by atoms with Gasteiger partial charge in [0.25, 0.3) is 0 Å². The summed E-state index contributed by atoms with van der Waals surface area (Å²) < 4.78 is 31.4. The Morgan fingerprint density at radius 1 is 0.870 bits per heavy atom. The third kappa shape index (κ3) is 23.3. The maximum atomic E-state index is 10.5. The molecule has 0 aromatic heterocycles. The van der Waals surface area contributed by atoms with Crippen molar-refractivity contribution in [2.75, 3.05) is 11.5 Å². The number of unbranched alkanes of at least 4 members (excludes halogenated alkanes) is 9. The van der Waals surface area contributed by atoms with Crippen LogP contribution in [-0.4, -0.2) is 29.7 Å². The fraction of sp³-hybridized carbons (Fsp3) is 1.00. The normalized spacial score (nSPS) is 12.8. The molecule has 0 rings (SSSR count). The maximum Gasteiger partial charge on any atom is 1.00 e. The van der Waals surface area contributed by atoms with Gasteiger partial charge in [0.15, 0.2) is 0 Å². The van der Waals surface area contributed by atoms with Crippen molar-refractivity contribution in [2.24, 2.45) is 0 Å². The molecule has 0 heterocycles. The molecule has 0 radical (unpaired) electrons. The molecule has 3 nitrogen and oxygen atoms in total. The topological polar surface area (TPSA) is 57.2 Å². The van der Waals surface area contributed by atoms with Crippen LogP contribution >= 0.6 is 11.8 Å². The number of hydrogen-bond donors (Lipinski definition) is 0. The first-order valence-electron chi connectivity index (χ1n) is 9.01. The number of rotatable bonds is 16. The fourth-order valence-corrected chi connectivity index (χ4v) is 4.25. The molecule has 0 aromatic rings. The zero-order valence-corrected chi connectivity index (χ0v) is 19.2. The van der Waals surface area contributed by atoms with Crippen molar-refractivity contribution in [1.29, 1.82) is 0 Å². The van der Waals surface area contributed by atoms with Crippen LogP contribution in [0, 0.1) is 0 Å². The molecule has 134 valence electrons. The molecule has 0 N–H and O–H groups in total. The first-order valence-corrected chi connectivity index (χ1v) is 11.6. The molecule has 0 bridgehead atoms. The van der Waals surface area contributed by atoms with Crippen LogP contribution in [0.5, 0.6) is 0 Å². The minimum absolute atomic E-state index is 0. The van der Waals surface area contributed by atoms with Gasteiger partial charge < -0.3 is 4.55 Å².